The van der Waals surface area contributed by atoms with E-state index in [4.69, 9.17) is 4.74 Å². The van der Waals surface area contributed by atoms with E-state index in [0.29, 0.717) is 5.56 Å². The van der Waals surface area contributed by atoms with Crippen molar-refractivity contribution in [1.82, 2.24) is 9.62 Å². The van der Waals surface area contributed by atoms with Crippen molar-refractivity contribution in [3.8, 4) is 0 Å². The Morgan fingerprint density at radius 2 is 2.00 bits per heavy atom. The predicted molar refractivity (Wildman–Crippen MR) is 102 cm³/mol. The Kier molecular flexibility index (Phi) is 5.86. The van der Waals surface area contributed by atoms with Gasteiger partial charge < -0.3 is 15.0 Å². The van der Waals surface area contributed by atoms with Gasteiger partial charge in [-0.15, -0.1) is 0 Å². The van der Waals surface area contributed by atoms with Crippen molar-refractivity contribution in [1.29, 1.82) is 0 Å². The Balaban J connectivity index is 2.07. The van der Waals surface area contributed by atoms with Gasteiger partial charge in [0.1, 0.15) is 5.60 Å². The Labute approximate surface area is 160 Å². The van der Waals surface area contributed by atoms with Crippen LogP contribution in [0.4, 0.5) is 10.5 Å². The standard InChI is InChI=1S/C18H27N3O5S/c1-12(19-17(23)26-18(2,3)4)11-20(5)27(24,25)14-7-8-15-13(9-14)10-16(22)21(15)6/h7-9,12H,10-11H2,1-6H3,(H,19,23)/t12-/m1/s1. The highest BCUT2D eigenvalue weighted by Gasteiger charge is 2.29. The molecule has 8 nitrogen and oxygen atoms in total. The number of amides is 2. The second-order valence-electron chi connectivity index (χ2n) is 7.75. The van der Waals surface area contributed by atoms with Crippen LogP contribution >= 0.6 is 0 Å². The molecule has 2 rings (SSSR count). The molecule has 1 aliphatic rings. The number of alkyl carbamates (subject to hydrolysis) is 1. The first-order valence-electron chi connectivity index (χ1n) is 8.66. The largest absolute Gasteiger partial charge is 0.444 e. The molecule has 0 bridgehead atoms. The van der Waals surface area contributed by atoms with Gasteiger partial charge in [0, 0.05) is 32.4 Å². The van der Waals surface area contributed by atoms with E-state index in [9.17, 15) is 18.0 Å². The van der Waals surface area contributed by atoms with Crippen LogP contribution in [-0.4, -0.2) is 57.0 Å². The van der Waals surface area contributed by atoms with Crippen LogP contribution in [0.1, 0.15) is 33.3 Å². The highest BCUT2D eigenvalue weighted by Crippen LogP contribution is 2.30. The third-order valence-corrected chi connectivity index (χ3v) is 5.95. The molecule has 0 saturated heterocycles. The normalized spacial score (nSPS) is 15.7. The molecule has 1 aromatic rings. The van der Waals surface area contributed by atoms with Gasteiger partial charge in [0.25, 0.3) is 0 Å². The van der Waals surface area contributed by atoms with E-state index in [1.165, 1.54) is 28.4 Å². The van der Waals surface area contributed by atoms with Crippen LogP contribution in [-0.2, 0) is 26.0 Å². The molecule has 1 aliphatic heterocycles. The Hall–Kier alpha value is -2.13. The first-order chi connectivity index (χ1) is 12.3. The summed E-state index contributed by atoms with van der Waals surface area (Å²) in [7, 11) is -0.633. The Morgan fingerprint density at radius 3 is 2.59 bits per heavy atom. The van der Waals surface area contributed by atoms with Gasteiger partial charge >= 0.3 is 6.09 Å². The Morgan fingerprint density at radius 1 is 1.37 bits per heavy atom. The fraction of sp³-hybridized carbons (Fsp3) is 0.556. The SMILES string of the molecule is C[C@H](CN(C)S(=O)(=O)c1ccc2c(c1)CC(=O)N2C)NC(=O)OC(C)(C)C. The molecule has 0 aliphatic carbocycles. The van der Waals surface area contributed by atoms with Crippen LogP contribution in [0.25, 0.3) is 0 Å². The second-order valence-corrected chi connectivity index (χ2v) is 9.80. The number of hydrogen-bond acceptors (Lipinski definition) is 5. The van der Waals surface area contributed by atoms with Crippen molar-refractivity contribution in [2.45, 2.75) is 50.7 Å². The number of carbonyl (C=O) groups excluding carboxylic acids is 2. The monoisotopic (exact) mass is 397 g/mol. The molecule has 0 saturated carbocycles. The highest BCUT2D eigenvalue weighted by molar-refractivity contribution is 7.89. The predicted octanol–water partition coefficient (Wildman–Crippen LogP) is 1.74. The fourth-order valence-corrected chi connectivity index (χ4v) is 4.14. The first kappa shape index (κ1) is 21.2. The molecular weight excluding hydrogens is 370 g/mol. The Bertz CT molecular complexity index is 845. The lowest BCUT2D eigenvalue weighted by Gasteiger charge is -2.25. The fourth-order valence-electron chi connectivity index (χ4n) is 2.83. The van der Waals surface area contributed by atoms with Crippen molar-refractivity contribution in [2.24, 2.45) is 0 Å². The van der Waals surface area contributed by atoms with Crippen LogP contribution in [0.2, 0.25) is 0 Å². The minimum Gasteiger partial charge on any atom is -0.444 e. The molecule has 27 heavy (non-hydrogen) atoms. The topological polar surface area (TPSA) is 96.0 Å². The maximum Gasteiger partial charge on any atom is 0.407 e. The lowest BCUT2D eigenvalue weighted by molar-refractivity contribution is -0.117. The zero-order chi connectivity index (χ0) is 20.6. The van der Waals surface area contributed by atoms with Crippen LogP contribution in [0, 0.1) is 0 Å². The molecule has 1 atom stereocenters. The molecule has 2 amide bonds. The average Bonchev–Trinajstić information content (AvgIpc) is 2.79. The van der Waals surface area contributed by atoms with E-state index >= 15 is 0 Å². The van der Waals surface area contributed by atoms with E-state index in [1.807, 2.05) is 0 Å². The van der Waals surface area contributed by atoms with Gasteiger partial charge in [-0.25, -0.2) is 13.2 Å². The molecule has 0 aromatic heterocycles. The van der Waals surface area contributed by atoms with E-state index in [0.717, 1.165) is 5.69 Å². The van der Waals surface area contributed by atoms with E-state index in [1.54, 1.807) is 40.8 Å². The van der Waals surface area contributed by atoms with E-state index in [-0.39, 0.29) is 23.8 Å². The number of nitrogens with one attached hydrogen (secondary N) is 1. The van der Waals surface area contributed by atoms with Crippen molar-refractivity contribution >= 4 is 27.7 Å². The number of nitrogens with zero attached hydrogens (tertiary/aromatic N) is 2. The molecule has 0 unspecified atom stereocenters. The summed E-state index contributed by atoms with van der Waals surface area (Å²) < 4.78 is 32.0. The van der Waals surface area contributed by atoms with Crippen molar-refractivity contribution in [3.05, 3.63) is 23.8 Å². The molecule has 150 valence electrons. The summed E-state index contributed by atoms with van der Waals surface area (Å²) in [5.74, 6) is -0.0666. The third-order valence-electron chi connectivity index (χ3n) is 4.13. The number of sulfonamides is 1. The number of benzene rings is 1. The zero-order valence-corrected chi connectivity index (χ0v) is 17.4. The summed E-state index contributed by atoms with van der Waals surface area (Å²) in [6.45, 7) is 7.04. The number of ether oxygens (including phenoxy) is 1. The van der Waals surface area contributed by atoms with Gasteiger partial charge in [-0.3, -0.25) is 4.79 Å². The van der Waals surface area contributed by atoms with E-state index in [2.05, 4.69) is 5.32 Å². The lowest BCUT2D eigenvalue weighted by atomic mass is 10.2. The minimum absolute atomic E-state index is 0.0666. The van der Waals surface area contributed by atoms with Crippen LogP contribution in [0.5, 0.6) is 0 Å². The maximum atomic E-state index is 12.8. The number of carbonyl (C=O) groups is 2. The number of likely N-dealkylation sites (N-methyl/N-ethyl adjacent to an activating group) is 2. The summed E-state index contributed by atoms with van der Waals surface area (Å²) >= 11 is 0. The molecule has 0 spiro atoms. The number of anilines is 1. The summed E-state index contributed by atoms with van der Waals surface area (Å²) in [4.78, 5) is 25.2. The highest BCUT2D eigenvalue weighted by atomic mass is 32.2. The van der Waals surface area contributed by atoms with E-state index < -0.39 is 27.8 Å². The maximum absolute atomic E-state index is 12.8. The number of rotatable bonds is 5. The van der Waals surface area contributed by atoms with Crippen molar-refractivity contribution in [2.75, 3.05) is 25.5 Å². The zero-order valence-electron chi connectivity index (χ0n) is 16.6. The van der Waals surface area contributed by atoms with Gasteiger partial charge in [-0.2, -0.15) is 4.31 Å². The first-order valence-corrected chi connectivity index (χ1v) is 10.1. The number of fused-ring (bicyclic) bond motifs is 1. The van der Waals surface area contributed by atoms with Gasteiger partial charge in [0.05, 0.1) is 11.3 Å². The lowest BCUT2D eigenvalue weighted by Crippen LogP contribution is -2.44. The summed E-state index contributed by atoms with van der Waals surface area (Å²) in [5, 5.41) is 2.63. The summed E-state index contributed by atoms with van der Waals surface area (Å²) in [6, 6.07) is 4.23. The molecular formula is C18H27N3O5S. The quantitative estimate of drug-likeness (QED) is 0.816. The molecule has 1 aromatic carbocycles. The molecule has 1 N–H and O–H groups in total. The summed E-state index contributed by atoms with van der Waals surface area (Å²) in [5.41, 5.74) is 0.787. The minimum atomic E-state index is -3.75. The smallest absolute Gasteiger partial charge is 0.407 e. The van der Waals surface area contributed by atoms with Crippen molar-refractivity contribution in [3.63, 3.8) is 0 Å². The second kappa shape index (κ2) is 7.47. The van der Waals surface area contributed by atoms with Crippen LogP contribution in [0.3, 0.4) is 0 Å². The van der Waals surface area contributed by atoms with Gasteiger partial charge in [-0.05, 0) is 51.5 Å². The average molecular weight is 397 g/mol. The van der Waals surface area contributed by atoms with Crippen LogP contribution < -0.4 is 10.2 Å². The molecule has 0 radical (unpaired) electrons. The molecule has 9 heteroatoms. The summed E-state index contributed by atoms with van der Waals surface area (Å²) in [6.07, 6.45) is -0.407. The van der Waals surface area contributed by atoms with Gasteiger partial charge in [0.2, 0.25) is 15.9 Å². The number of hydrogen-bond donors (Lipinski definition) is 1. The van der Waals surface area contributed by atoms with Gasteiger partial charge in [0.15, 0.2) is 0 Å². The molecule has 1 heterocycles. The third kappa shape index (κ3) is 4.98. The van der Waals surface area contributed by atoms with Crippen LogP contribution in [0.15, 0.2) is 23.1 Å². The van der Waals surface area contributed by atoms with Crippen molar-refractivity contribution < 1.29 is 22.7 Å². The molecule has 0 fully saturated rings. The van der Waals surface area contributed by atoms with Gasteiger partial charge in [-0.1, -0.05) is 0 Å².